The van der Waals surface area contributed by atoms with Crippen LogP contribution in [0.5, 0.6) is 0 Å². The number of unbranched alkanes of at least 4 members (excludes halogenated alkanes) is 1. The number of aliphatic hydroxyl groups excluding tert-OH is 1. The van der Waals surface area contributed by atoms with Crippen molar-refractivity contribution in [3.8, 4) is 0 Å². The van der Waals surface area contributed by atoms with E-state index in [0.29, 0.717) is 13.0 Å². The monoisotopic (exact) mass is 580 g/mol. The lowest BCUT2D eigenvalue weighted by atomic mass is 10.1. The van der Waals surface area contributed by atoms with E-state index < -0.39 is 18.9 Å². The van der Waals surface area contributed by atoms with E-state index >= 15 is 0 Å². The SMILES string of the molecule is C/C=C(\C=C/CF)/C=N/C(C)/C=C\C(=C/C/N=C(\C)CCCCC(=O)O)C(O)N1CCN(c2ccc(C)cc2C)CC1. The van der Waals surface area contributed by atoms with E-state index in [1.165, 1.54) is 22.9 Å². The number of allylic oxidation sites excluding steroid dienone is 4. The molecule has 2 rings (SSSR count). The molecule has 7 nitrogen and oxygen atoms in total. The maximum atomic E-state index is 12.5. The van der Waals surface area contributed by atoms with Crippen LogP contribution in [0.4, 0.5) is 10.1 Å². The summed E-state index contributed by atoms with van der Waals surface area (Å²) in [6, 6.07) is 6.39. The first kappa shape index (κ1) is 34.8. The molecule has 42 heavy (non-hydrogen) atoms. The molecule has 1 aliphatic rings. The summed E-state index contributed by atoms with van der Waals surface area (Å²) in [5.74, 6) is -0.774. The fourth-order valence-corrected chi connectivity index (χ4v) is 4.78. The minimum absolute atomic E-state index is 0.143. The van der Waals surface area contributed by atoms with Gasteiger partial charge in [0.1, 0.15) is 12.9 Å². The van der Waals surface area contributed by atoms with Crippen LogP contribution in [-0.4, -0.2) is 84.7 Å². The van der Waals surface area contributed by atoms with E-state index in [1.54, 1.807) is 12.3 Å². The average Bonchev–Trinajstić information content (AvgIpc) is 2.97. The van der Waals surface area contributed by atoms with E-state index in [9.17, 15) is 14.3 Å². The fraction of sp³-hybridized carbons (Fsp3) is 0.500. The molecule has 1 aromatic carbocycles. The van der Waals surface area contributed by atoms with Crippen LogP contribution in [0.1, 0.15) is 57.6 Å². The van der Waals surface area contributed by atoms with Crippen molar-refractivity contribution in [3.63, 3.8) is 0 Å². The van der Waals surface area contributed by atoms with Crippen LogP contribution < -0.4 is 4.90 Å². The number of aliphatic hydroxyl groups is 1. The number of anilines is 1. The Morgan fingerprint density at radius 2 is 1.83 bits per heavy atom. The fourth-order valence-electron chi connectivity index (χ4n) is 4.78. The number of carboxylic acids is 1. The second-order valence-electron chi connectivity index (χ2n) is 10.8. The Hall–Kier alpha value is -3.36. The molecule has 1 fully saturated rings. The van der Waals surface area contributed by atoms with Gasteiger partial charge in [0.05, 0.1) is 12.6 Å². The molecule has 230 valence electrons. The molecule has 1 aliphatic heterocycles. The van der Waals surface area contributed by atoms with Crippen LogP contribution in [0.25, 0.3) is 0 Å². The van der Waals surface area contributed by atoms with Gasteiger partial charge in [0.2, 0.25) is 0 Å². The van der Waals surface area contributed by atoms with Crippen molar-refractivity contribution in [2.45, 2.75) is 72.6 Å². The molecular formula is C34H49FN4O3. The highest BCUT2D eigenvalue weighted by molar-refractivity contribution is 5.82. The van der Waals surface area contributed by atoms with Gasteiger partial charge < -0.3 is 15.1 Å². The number of rotatable bonds is 16. The molecule has 0 aliphatic carbocycles. The van der Waals surface area contributed by atoms with Crippen LogP contribution in [0, 0.1) is 13.8 Å². The van der Waals surface area contributed by atoms with Crippen molar-refractivity contribution in [2.75, 3.05) is 44.3 Å². The van der Waals surface area contributed by atoms with Crippen molar-refractivity contribution < 1.29 is 19.4 Å². The van der Waals surface area contributed by atoms with Crippen LogP contribution in [0.3, 0.4) is 0 Å². The normalized spacial score (nSPS) is 17.6. The van der Waals surface area contributed by atoms with Gasteiger partial charge in [0, 0.05) is 50.2 Å². The first-order valence-corrected chi connectivity index (χ1v) is 14.9. The second kappa shape index (κ2) is 18.9. The Bertz CT molecular complexity index is 1180. The number of carboxylic acid groups (broad SMARTS) is 1. The minimum atomic E-state index is -0.775. The molecule has 0 radical (unpaired) electrons. The number of benzene rings is 1. The number of aryl methyl sites for hydroxylation is 2. The molecule has 2 atom stereocenters. The molecule has 0 bridgehead atoms. The number of hydrogen-bond acceptors (Lipinski definition) is 6. The molecule has 2 unspecified atom stereocenters. The Kier molecular flexibility index (Phi) is 15.7. The summed E-state index contributed by atoms with van der Waals surface area (Å²) in [6.07, 6.45) is 14.2. The summed E-state index contributed by atoms with van der Waals surface area (Å²) in [4.78, 5) is 24.4. The van der Waals surface area contributed by atoms with Crippen LogP contribution in [0.2, 0.25) is 0 Å². The minimum Gasteiger partial charge on any atom is -0.481 e. The summed E-state index contributed by atoms with van der Waals surface area (Å²) in [7, 11) is 0. The standard InChI is InChI=1S/C34H49FN4O3/c1-6-30(11-9-18-35)25-37-29(5)14-15-31(17-19-36-28(4)10-7-8-12-33(40)41)34(42)39-22-20-38(21-23-39)32-16-13-26(2)24-27(32)3/h6,9,11,13-17,24-25,29,34,42H,7-8,10,12,18-23H2,1-5H3,(H,40,41)/b11-9-,15-14-,30-6+,31-17+,36-28+,37-25+. The molecule has 1 saturated heterocycles. The lowest BCUT2D eigenvalue weighted by Crippen LogP contribution is -2.51. The Morgan fingerprint density at radius 1 is 1.12 bits per heavy atom. The van der Waals surface area contributed by atoms with Crippen molar-refractivity contribution in [3.05, 3.63) is 76.9 Å². The Morgan fingerprint density at radius 3 is 2.48 bits per heavy atom. The number of halogens is 1. The lowest BCUT2D eigenvalue weighted by molar-refractivity contribution is -0.137. The van der Waals surface area contributed by atoms with Crippen molar-refractivity contribution in [2.24, 2.45) is 9.98 Å². The van der Waals surface area contributed by atoms with Crippen molar-refractivity contribution >= 4 is 23.6 Å². The summed E-state index contributed by atoms with van der Waals surface area (Å²) < 4.78 is 12.5. The van der Waals surface area contributed by atoms with Gasteiger partial charge in [-0.3, -0.25) is 19.7 Å². The zero-order chi connectivity index (χ0) is 30.9. The first-order valence-electron chi connectivity index (χ1n) is 14.9. The van der Waals surface area contributed by atoms with Gasteiger partial charge in [-0.15, -0.1) is 0 Å². The zero-order valence-electron chi connectivity index (χ0n) is 26.0. The van der Waals surface area contributed by atoms with Gasteiger partial charge in [0.15, 0.2) is 0 Å². The molecule has 0 saturated carbocycles. The van der Waals surface area contributed by atoms with E-state index in [4.69, 9.17) is 5.11 Å². The van der Waals surface area contributed by atoms with Crippen LogP contribution in [-0.2, 0) is 4.79 Å². The Labute approximate surface area is 251 Å². The van der Waals surface area contributed by atoms with Gasteiger partial charge >= 0.3 is 5.97 Å². The van der Waals surface area contributed by atoms with Gasteiger partial charge in [-0.2, -0.15) is 0 Å². The molecule has 0 amide bonds. The molecular weight excluding hydrogens is 531 g/mol. The third-order valence-electron chi connectivity index (χ3n) is 7.28. The summed E-state index contributed by atoms with van der Waals surface area (Å²) >= 11 is 0. The summed E-state index contributed by atoms with van der Waals surface area (Å²) in [6.45, 7) is 13.1. The smallest absolute Gasteiger partial charge is 0.303 e. The van der Waals surface area contributed by atoms with Gasteiger partial charge in [-0.05, 0) is 76.7 Å². The third-order valence-corrected chi connectivity index (χ3v) is 7.28. The predicted octanol–water partition coefficient (Wildman–Crippen LogP) is 6.26. The number of aliphatic imine (C=N–C) groups is 2. The zero-order valence-corrected chi connectivity index (χ0v) is 26.0. The highest BCUT2D eigenvalue weighted by atomic mass is 19.1. The predicted molar refractivity (Wildman–Crippen MR) is 174 cm³/mol. The number of carbonyl (C=O) groups is 1. The van der Waals surface area contributed by atoms with E-state index in [2.05, 4.69) is 51.8 Å². The van der Waals surface area contributed by atoms with Gasteiger partial charge in [0.25, 0.3) is 0 Å². The number of piperazine rings is 1. The number of nitrogens with zero attached hydrogens (tertiary/aromatic N) is 4. The summed E-state index contributed by atoms with van der Waals surface area (Å²) in [5, 5.41) is 20.3. The van der Waals surface area contributed by atoms with Crippen LogP contribution >= 0.6 is 0 Å². The first-order chi connectivity index (χ1) is 20.1. The summed E-state index contributed by atoms with van der Waals surface area (Å²) in [5.41, 5.74) is 6.32. The Balaban J connectivity index is 2.12. The van der Waals surface area contributed by atoms with Gasteiger partial charge in [-0.25, -0.2) is 4.39 Å². The number of alkyl halides is 1. The number of aliphatic carboxylic acids is 1. The van der Waals surface area contributed by atoms with Gasteiger partial charge in [-0.1, -0.05) is 54.2 Å². The maximum Gasteiger partial charge on any atom is 0.303 e. The molecule has 0 spiro atoms. The average molecular weight is 581 g/mol. The number of hydrogen-bond donors (Lipinski definition) is 2. The van der Waals surface area contributed by atoms with E-state index in [-0.39, 0.29) is 12.5 Å². The second-order valence-corrected chi connectivity index (χ2v) is 10.8. The quantitative estimate of drug-likeness (QED) is 0.137. The highest BCUT2D eigenvalue weighted by Gasteiger charge is 2.24. The molecule has 1 heterocycles. The topological polar surface area (TPSA) is 88.7 Å². The molecule has 2 N–H and O–H groups in total. The van der Waals surface area contributed by atoms with Crippen molar-refractivity contribution in [1.82, 2.24) is 4.90 Å². The highest BCUT2D eigenvalue weighted by Crippen LogP contribution is 2.24. The molecule has 0 aromatic heterocycles. The van der Waals surface area contributed by atoms with Crippen molar-refractivity contribution in [1.29, 1.82) is 0 Å². The lowest BCUT2D eigenvalue weighted by Gasteiger charge is -2.39. The van der Waals surface area contributed by atoms with E-state index in [0.717, 1.165) is 55.9 Å². The van der Waals surface area contributed by atoms with Crippen LogP contribution in [0.15, 0.2) is 75.8 Å². The third kappa shape index (κ3) is 12.7. The largest absolute Gasteiger partial charge is 0.481 e. The maximum absolute atomic E-state index is 12.5. The molecule has 8 heteroatoms. The van der Waals surface area contributed by atoms with E-state index in [1.807, 2.05) is 45.1 Å². The molecule has 1 aromatic rings.